The van der Waals surface area contributed by atoms with E-state index in [9.17, 15) is 0 Å². The number of aryl methyl sites for hydroxylation is 2. The predicted octanol–water partition coefficient (Wildman–Crippen LogP) is 1.87. The molecule has 0 saturated heterocycles. The van der Waals surface area contributed by atoms with Crippen molar-refractivity contribution in [3.8, 4) is 0 Å². The Morgan fingerprint density at radius 1 is 1.53 bits per heavy atom. The standard InChI is InChI=1S/C12H21N3/c1-3-12-11(9-15(2)14-12)8-13-7-6-10-4-5-10/h9-10,13H,3-8H2,1-2H3. The Bertz CT molecular complexity index is 313. The Hall–Kier alpha value is -0.830. The van der Waals surface area contributed by atoms with E-state index in [1.54, 1.807) is 0 Å². The molecule has 0 bridgehead atoms. The lowest BCUT2D eigenvalue weighted by atomic mass is 10.2. The van der Waals surface area contributed by atoms with E-state index in [-0.39, 0.29) is 0 Å². The molecule has 0 aliphatic heterocycles. The van der Waals surface area contributed by atoms with E-state index in [1.807, 2.05) is 11.7 Å². The van der Waals surface area contributed by atoms with Crippen LogP contribution in [0.15, 0.2) is 6.20 Å². The van der Waals surface area contributed by atoms with Crippen molar-refractivity contribution in [3.05, 3.63) is 17.5 Å². The van der Waals surface area contributed by atoms with Crippen molar-refractivity contribution < 1.29 is 0 Å². The average Bonchev–Trinajstić information content (AvgIpc) is 2.97. The second-order valence-corrected chi connectivity index (χ2v) is 4.54. The van der Waals surface area contributed by atoms with E-state index in [1.165, 1.54) is 30.5 Å². The number of nitrogens with zero attached hydrogens (tertiary/aromatic N) is 2. The van der Waals surface area contributed by atoms with Gasteiger partial charge in [-0.2, -0.15) is 5.10 Å². The molecule has 1 aliphatic carbocycles. The molecular weight excluding hydrogens is 186 g/mol. The molecule has 0 amide bonds. The van der Waals surface area contributed by atoms with E-state index in [4.69, 9.17) is 0 Å². The summed E-state index contributed by atoms with van der Waals surface area (Å²) in [4.78, 5) is 0. The monoisotopic (exact) mass is 207 g/mol. The van der Waals surface area contributed by atoms with Gasteiger partial charge in [0.25, 0.3) is 0 Å². The largest absolute Gasteiger partial charge is 0.313 e. The van der Waals surface area contributed by atoms with Crippen molar-refractivity contribution in [2.75, 3.05) is 6.54 Å². The zero-order chi connectivity index (χ0) is 10.7. The quantitative estimate of drug-likeness (QED) is 0.722. The molecule has 1 aromatic rings. The molecule has 1 aromatic heterocycles. The summed E-state index contributed by atoms with van der Waals surface area (Å²) >= 11 is 0. The van der Waals surface area contributed by atoms with Gasteiger partial charge in [-0.15, -0.1) is 0 Å². The fourth-order valence-corrected chi connectivity index (χ4v) is 1.96. The lowest BCUT2D eigenvalue weighted by molar-refractivity contribution is 0.611. The number of hydrogen-bond donors (Lipinski definition) is 1. The third kappa shape index (κ3) is 3.06. The minimum absolute atomic E-state index is 0.976. The molecule has 0 radical (unpaired) electrons. The molecule has 0 atom stereocenters. The van der Waals surface area contributed by atoms with Crippen LogP contribution in [-0.4, -0.2) is 16.3 Å². The van der Waals surface area contributed by atoms with Crippen LogP contribution in [0.3, 0.4) is 0 Å². The highest BCUT2D eigenvalue weighted by Crippen LogP contribution is 2.31. The average molecular weight is 207 g/mol. The van der Waals surface area contributed by atoms with Gasteiger partial charge in [-0.25, -0.2) is 0 Å². The molecule has 3 nitrogen and oxygen atoms in total. The Balaban J connectivity index is 1.75. The molecule has 0 aromatic carbocycles. The SMILES string of the molecule is CCc1nn(C)cc1CNCCC1CC1. The molecule has 0 unspecified atom stereocenters. The summed E-state index contributed by atoms with van der Waals surface area (Å²) in [6.45, 7) is 4.29. The molecule has 3 heteroatoms. The number of hydrogen-bond acceptors (Lipinski definition) is 2. The van der Waals surface area contributed by atoms with Crippen molar-refractivity contribution >= 4 is 0 Å². The van der Waals surface area contributed by atoms with Crippen LogP contribution in [0, 0.1) is 5.92 Å². The molecule has 15 heavy (non-hydrogen) atoms. The van der Waals surface area contributed by atoms with Crippen LogP contribution in [0.5, 0.6) is 0 Å². The fraction of sp³-hybridized carbons (Fsp3) is 0.750. The highest BCUT2D eigenvalue weighted by molar-refractivity contribution is 5.16. The van der Waals surface area contributed by atoms with Gasteiger partial charge in [0, 0.05) is 25.4 Å². The fourth-order valence-electron chi connectivity index (χ4n) is 1.96. The highest BCUT2D eigenvalue weighted by Gasteiger charge is 2.20. The summed E-state index contributed by atoms with van der Waals surface area (Å²) in [6, 6.07) is 0. The molecule has 1 fully saturated rings. The molecule has 1 N–H and O–H groups in total. The van der Waals surface area contributed by atoms with Gasteiger partial charge in [-0.1, -0.05) is 19.8 Å². The van der Waals surface area contributed by atoms with Crippen molar-refractivity contribution in [2.45, 2.75) is 39.2 Å². The van der Waals surface area contributed by atoms with Gasteiger partial charge in [-0.3, -0.25) is 4.68 Å². The second-order valence-electron chi connectivity index (χ2n) is 4.54. The summed E-state index contributed by atoms with van der Waals surface area (Å²) in [6.07, 6.45) is 7.41. The Labute approximate surface area is 91.9 Å². The summed E-state index contributed by atoms with van der Waals surface area (Å²) < 4.78 is 1.91. The Kier molecular flexibility index (Phi) is 3.41. The Morgan fingerprint density at radius 2 is 2.33 bits per heavy atom. The van der Waals surface area contributed by atoms with Gasteiger partial charge in [-0.05, 0) is 25.3 Å². The number of aromatic nitrogens is 2. The van der Waals surface area contributed by atoms with Crippen LogP contribution >= 0.6 is 0 Å². The first-order valence-corrected chi connectivity index (χ1v) is 6.01. The maximum atomic E-state index is 4.43. The van der Waals surface area contributed by atoms with Gasteiger partial charge in [0.05, 0.1) is 5.69 Å². The van der Waals surface area contributed by atoms with Crippen LogP contribution < -0.4 is 5.32 Å². The molecule has 1 heterocycles. The maximum Gasteiger partial charge on any atom is 0.0666 e. The van der Waals surface area contributed by atoms with Crippen LogP contribution in [-0.2, 0) is 20.0 Å². The maximum absolute atomic E-state index is 4.43. The van der Waals surface area contributed by atoms with E-state index < -0.39 is 0 Å². The third-order valence-electron chi connectivity index (χ3n) is 3.07. The smallest absolute Gasteiger partial charge is 0.0666 e. The topological polar surface area (TPSA) is 29.9 Å². The van der Waals surface area contributed by atoms with Crippen molar-refractivity contribution in [1.29, 1.82) is 0 Å². The van der Waals surface area contributed by atoms with Gasteiger partial charge in [0.2, 0.25) is 0 Å². The molecule has 0 spiro atoms. The highest BCUT2D eigenvalue weighted by atomic mass is 15.3. The van der Waals surface area contributed by atoms with Crippen molar-refractivity contribution in [2.24, 2.45) is 13.0 Å². The zero-order valence-electron chi connectivity index (χ0n) is 9.79. The number of nitrogens with one attached hydrogen (secondary N) is 1. The third-order valence-corrected chi connectivity index (χ3v) is 3.07. The summed E-state index contributed by atoms with van der Waals surface area (Å²) in [5.41, 5.74) is 2.59. The molecule has 2 rings (SSSR count). The first kappa shape index (κ1) is 10.7. The van der Waals surface area contributed by atoms with Crippen LogP contribution in [0.1, 0.15) is 37.4 Å². The summed E-state index contributed by atoms with van der Waals surface area (Å²) in [5.74, 6) is 1.03. The van der Waals surface area contributed by atoms with Crippen molar-refractivity contribution in [1.82, 2.24) is 15.1 Å². The number of rotatable bonds is 6. The first-order chi connectivity index (χ1) is 7.29. The van der Waals surface area contributed by atoms with Crippen LogP contribution in [0.25, 0.3) is 0 Å². The molecule has 1 aliphatic rings. The van der Waals surface area contributed by atoms with Crippen molar-refractivity contribution in [3.63, 3.8) is 0 Å². The lowest BCUT2D eigenvalue weighted by Crippen LogP contribution is -2.15. The first-order valence-electron chi connectivity index (χ1n) is 6.01. The normalized spacial score (nSPS) is 15.9. The Morgan fingerprint density at radius 3 is 3.00 bits per heavy atom. The lowest BCUT2D eigenvalue weighted by Gasteiger charge is -2.03. The second kappa shape index (κ2) is 4.79. The molecule has 84 valence electrons. The van der Waals surface area contributed by atoms with E-state index in [0.29, 0.717) is 0 Å². The predicted molar refractivity (Wildman–Crippen MR) is 61.6 cm³/mol. The minimum atomic E-state index is 0.976. The van der Waals surface area contributed by atoms with Gasteiger partial charge < -0.3 is 5.32 Å². The molecular formula is C12H21N3. The summed E-state index contributed by atoms with van der Waals surface area (Å²) in [7, 11) is 1.99. The van der Waals surface area contributed by atoms with Crippen LogP contribution in [0.4, 0.5) is 0 Å². The van der Waals surface area contributed by atoms with Gasteiger partial charge in [0.1, 0.15) is 0 Å². The zero-order valence-corrected chi connectivity index (χ0v) is 9.79. The molecule has 1 saturated carbocycles. The summed E-state index contributed by atoms with van der Waals surface area (Å²) in [5, 5.41) is 7.94. The van der Waals surface area contributed by atoms with Crippen LogP contribution in [0.2, 0.25) is 0 Å². The van der Waals surface area contributed by atoms with E-state index >= 15 is 0 Å². The van der Waals surface area contributed by atoms with E-state index in [0.717, 1.165) is 25.4 Å². The minimum Gasteiger partial charge on any atom is -0.313 e. The van der Waals surface area contributed by atoms with E-state index in [2.05, 4.69) is 23.5 Å². The van der Waals surface area contributed by atoms with Gasteiger partial charge in [0.15, 0.2) is 0 Å². The van der Waals surface area contributed by atoms with Gasteiger partial charge >= 0.3 is 0 Å².